The lowest BCUT2D eigenvalue weighted by Crippen LogP contribution is -2.16. The van der Waals surface area contributed by atoms with E-state index < -0.39 is 0 Å². The van der Waals surface area contributed by atoms with E-state index in [2.05, 4.69) is 46.7 Å². The average Bonchev–Trinajstić information content (AvgIpc) is 2.90. The van der Waals surface area contributed by atoms with Gasteiger partial charge in [-0.3, -0.25) is 5.10 Å². The molecule has 1 unspecified atom stereocenters. The summed E-state index contributed by atoms with van der Waals surface area (Å²) < 4.78 is 0. The number of nitrogens with two attached hydrogens (primary N) is 2. The molecule has 2 aromatic carbocycles. The monoisotopic (exact) mass is 323 g/mol. The van der Waals surface area contributed by atoms with Crippen LogP contribution in [0.4, 0.5) is 17.2 Å². The van der Waals surface area contributed by atoms with Crippen molar-refractivity contribution < 1.29 is 5.11 Å². The summed E-state index contributed by atoms with van der Waals surface area (Å²) in [5.74, 6) is 0.588. The maximum atomic E-state index is 9.43. The number of hydrogen-bond donors (Lipinski definition) is 5. The minimum Gasteiger partial charge on any atom is -0.508 e. The van der Waals surface area contributed by atoms with E-state index in [4.69, 9.17) is 11.5 Å². The Hall–Kier alpha value is -3.15. The first-order valence-corrected chi connectivity index (χ1v) is 7.73. The third kappa shape index (κ3) is 3.43. The number of aryl methyl sites for hydroxylation is 1. The molecule has 0 aliphatic carbocycles. The first kappa shape index (κ1) is 15.7. The zero-order valence-electron chi connectivity index (χ0n) is 13.5. The van der Waals surface area contributed by atoms with Crippen molar-refractivity contribution in [3.63, 3.8) is 0 Å². The molecule has 0 aliphatic heterocycles. The molecule has 124 valence electrons. The van der Waals surface area contributed by atoms with Crippen LogP contribution >= 0.6 is 0 Å². The number of aromatic nitrogens is 2. The van der Waals surface area contributed by atoms with E-state index >= 15 is 0 Å². The van der Waals surface area contributed by atoms with Crippen LogP contribution in [0.5, 0.6) is 5.75 Å². The summed E-state index contributed by atoms with van der Waals surface area (Å²) in [6, 6.07) is 15.1. The fraction of sp³-hybridized carbons (Fsp3) is 0.167. The Morgan fingerprint density at radius 1 is 1.08 bits per heavy atom. The Kier molecular flexibility index (Phi) is 4.29. The largest absolute Gasteiger partial charge is 0.508 e. The van der Waals surface area contributed by atoms with Gasteiger partial charge in [-0.1, -0.05) is 29.8 Å². The molecular formula is C18H21N5O. The summed E-state index contributed by atoms with van der Waals surface area (Å²) in [6.45, 7) is 2.06. The number of phenols is 1. The van der Waals surface area contributed by atoms with Crippen LogP contribution in [0.25, 0.3) is 0 Å². The first-order chi connectivity index (χ1) is 11.5. The number of aromatic amines is 1. The van der Waals surface area contributed by atoms with Gasteiger partial charge in [-0.2, -0.15) is 5.10 Å². The molecule has 0 fully saturated rings. The number of hydrogen-bond acceptors (Lipinski definition) is 5. The Morgan fingerprint density at radius 3 is 2.33 bits per heavy atom. The van der Waals surface area contributed by atoms with Crippen molar-refractivity contribution >= 4 is 17.2 Å². The number of phenolic OH excluding ortho intramolecular Hbond substituents is 1. The molecule has 1 aromatic heterocycles. The standard InChI is InChI=1S/C18H21N5O/c1-11-2-4-12(5-3-11)10-15(17-16(19)18(20)23-22-17)21-13-6-8-14(24)9-7-13/h2-9,15,21,24H,10,19H2,1H3,(H3,20,22,23). The van der Waals surface area contributed by atoms with Crippen LogP contribution in [-0.2, 0) is 6.42 Å². The molecule has 0 aliphatic rings. The molecule has 0 radical (unpaired) electrons. The molecule has 0 spiro atoms. The molecule has 0 bridgehead atoms. The van der Waals surface area contributed by atoms with Crippen molar-refractivity contribution in [3.05, 3.63) is 65.4 Å². The quantitative estimate of drug-likeness (QED) is 0.463. The summed E-state index contributed by atoms with van der Waals surface area (Å²) in [6.07, 6.45) is 0.704. The van der Waals surface area contributed by atoms with Crippen molar-refractivity contribution in [2.45, 2.75) is 19.4 Å². The normalized spacial score (nSPS) is 12.0. The zero-order chi connectivity index (χ0) is 17.1. The molecule has 3 aromatic rings. The van der Waals surface area contributed by atoms with Crippen LogP contribution in [0.3, 0.4) is 0 Å². The summed E-state index contributed by atoms with van der Waals surface area (Å²) >= 11 is 0. The lowest BCUT2D eigenvalue weighted by molar-refractivity contribution is 0.475. The van der Waals surface area contributed by atoms with E-state index in [1.807, 2.05) is 12.1 Å². The van der Waals surface area contributed by atoms with E-state index in [-0.39, 0.29) is 11.8 Å². The third-order valence-corrected chi connectivity index (χ3v) is 3.96. The van der Waals surface area contributed by atoms with Crippen LogP contribution in [0.1, 0.15) is 22.9 Å². The molecule has 3 rings (SSSR count). The van der Waals surface area contributed by atoms with Gasteiger partial charge < -0.3 is 21.9 Å². The van der Waals surface area contributed by atoms with E-state index in [1.54, 1.807) is 12.1 Å². The van der Waals surface area contributed by atoms with Gasteiger partial charge in [-0.25, -0.2) is 0 Å². The number of nitrogens with one attached hydrogen (secondary N) is 2. The Labute approximate surface area is 140 Å². The van der Waals surface area contributed by atoms with Crippen LogP contribution in [-0.4, -0.2) is 15.3 Å². The van der Waals surface area contributed by atoms with Crippen LogP contribution in [0.15, 0.2) is 48.5 Å². The highest BCUT2D eigenvalue weighted by atomic mass is 16.3. The summed E-state index contributed by atoms with van der Waals surface area (Å²) in [4.78, 5) is 0. The average molecular weight is 323 g/mol. The highest BCUT2D eigenvalue weighted by Crippen LogP contribution is 2.29. The molecule has 7 N–H and O–H groups in total. The number of aromatic hydroxyl groups is 1. The van der Waals surface area contributed by atoms with Crippen LogP contribution in [0, 0.1) is 6.92 Å². The Morgan fingerprint density at radius 2 is 1.75 bits per heavy atom. The van der Waals surface area contributed by atoms with Gasteiger partial charge in [0.15, 0.2) is 0 Å². The fourth-order valence-electron chi connectivity index (χ4n) is 2.58. The second kappa shape index (κ2) is 6.54. The molecule has 0 amide bonds. The van der Waals surface area contributed by atoms with Gasteiger partial charge in [0.2, 0.25) is 0 Å². The number of rotatable bonds is 5. The predicted molar refractivity (Wildman–Crippen MR) is 96.8 cm³/mol. The van der Waals surface area contributed by atoms with E-state index in [0.29, 0.717) is 23.6 Å². The second-order valence-electron chi connectivity index (χ2n) is 5.87. The molecule has 0 saturated carbocycles. The van der Waals surface area contributed by atoms with Gasteiger partial charge in [0.05, 0.1) is 11.7 Å². The lowest BCUT2D eigenvalue weighted by Gasteiger charge is -2.19. The van der Waals surface area contributed by atoms with Gasteiger partial charge in [0.25, 0.3) is 0 Å². The van der Waals surface area contributed by atoms with Crippen LogP contribution < -0.4 is 16.8 Å². The number of nitrogen functional groups attached to an aromatic ring is 2. The predicted octanol–water partition coefficient (Wildman–Crippen LogP) is 2.98. The minimum atomic E-state index is -0.147. The van der Waals surface area contributed by atoms with Gasteiger partial charge in [0, 0.05) is 5.69 Å². The summed E-state index contributed by atoms with van der Waals surface area (Å²) in [7, 11) is 0. The van der Waals surface area contributed by atoms with Crippen LogP contribution in [0.2, 0.25) is 0 Å². The first-order valence-electron chi connectivity index (χ1n) is 7.73. The third-order valence-electron chi connectivity index (χ3n) is 3.96. The molecule has 0 saturated heterocycles. The summed E-state index contributed by atoms with van der Waals surface area (Å²) in [5.41, 5.74) is 16.2. The molecule has 6 heteroatoms. The highest BCUT2D eigenvalue weighted by molar-refractivity contribution is 5.63. The van der Waals surface area contributed by atoms with E-state index in [9.17, 15) is 5.11 Å². The lowest BCUT2D eigenvalue weighted by atomic mass is 10.0. The highest BCUT2D eigenvalue weighted by Gasteiger charge is 2.20. The van der Waals surface area contributed by atoms with Gasteiger partial charge in [-0.05, 0) is 43.2 Å². The number of nitrogens with zero attached hydrogens (tertiary/aromatic N) is 1. The fourth-order valence-corrected chi connectivity index (χ4v) is 2.58. The smallest absolute Gasteiger partial charge is 0.142 e. The molecule has 1 heterocycles. The maximum Gasteiger partial charge on any atom is 0.142 e. The minimum absolute atomic E-state index is 0.147. The molecule has 24 heavy (non-hydrogen) atoms. The van der Waals surface area contributed by atoms with Gasteiger partial charge in [-0.15, -0.1) is 0 Å². The van der Waals surface area contributed by atoms with Crippen molar-refractivity contribution in [2.24, 2.45) is 0 Å². The van der Waals surface area contributed by atoms with Crippen molar-refractivity contribution in [2.75, 3.05) is 16.8 Å². The molecule has 6 nitrogen and oxygen atoms in total. The van der Waals surface area contributed by atoms with Crippen molar-refractivity contribution in [3.8, 4) is 5.75 Å². The number of anilines is 3. The van der Waals surface area contributed by atoms with Crippen molar-refractivity contribution in [1.29, 1.82) is 0 Å². The number of benzene rings is 2. The Balaban J connectivity index is 1.89. The number of H-pyrrole nitrogens is 1. The zero-order valence-corrected chi connectivity index (χ0v) is 13.5. The van der Waals surface area contributed by atoms with Gasteiger partial charge in [0.1, 0.15) is 17.3 Å². The topological polar surface area (TPSA) is 113 Å². The second-order valence-corrected chi connectivity index (χ2v) is 5.87. The maximum absolute atomic E-state index is 9.43. The SMILES string of the molecule is Cc1ccc(CC(Nc2ccc(O)cc2)c2n[nH]c(N)c2N)cc1. The van der Waals surface area contributed by atoms with E-state index in [1.165, 1.54) is 5.56 Å². The van der Waals surface area contributed by atoms with Gasteiger partial charge >= 0.3 is 0 Å². The van der Waals surface area contributed by atoms with Crippen molar-refractivity contribution in [1.82, 2.24) is 10.2 Å². The molecular weight excluding hydrogens is 302 g/mol. The molecule has 1 atom stereocenters. The van der Waals surface area contributed by atoms with E-state index in [0.717, 1.165) is 11.3 Å². The Bertz CT molecular complexity index is 761. The summed E-state index contributed by atoms with van der Waals surface area (Å²) in [5, 5.41) is 19.8.